The zero-order valence-corrected chi connectivity index (χ0v) is 21.6. The largest absolute Gasteiger partial charge is 0.496 e. The molecule has 0 amide bonds. The standard InChI is InChI=1S/C32H30O4/c1-19-15-25(33-3)31(26(16-19)34-4)29-21-11-7-9-13-23(21)30(24-14-10-8-12-22(24)29)32-27(35-5)17-20(2)18-28(32)36-6/h7-18H,1-6H3. The fourth-order valence-corrected chi connectivity index (χ4v) is 5.25. The third-order valence-corrected chi connectivity index (χ3v) is 6.73. The highest BCUT2D eigenvalue weighted by Gasteiger charge is 2.25. The minimum absolute atomic E-state index is 0.778. The Kier molecular flexibility index (Phi) is 6.19. The molecule has 0 spiro atoms. The van der Waals surface area contributed by atoms with E-state index in [1.165, 1.54) is 0 Å². The molecule has 0 heterocycles. The molecule has 4 nitrogen and oxygen atoms in total. The summed E-state index contributed by atoms with van der Waals surface area (Å²) >= 11 is 0. The number of ether oxygens (including phenoxy) is 4. The van der Waals surface area contributed by atoms with E-state index in [-0.39, 0.29) is 0 Å². The average Bonchev–Trinajstić information content (AvgIpc) is 2.91. The SMILES string of the molecule is COc1cc(C)cc(OC)c1-c1c2ccccc2c(-c2c(OC)cc(C)cc2OC)c2ccccc12. The van der Waals surface area contributed by atoms with E-state index >= 15 is 0 Å². The van der Waals surface area contributed by atoms with Gasteiger partial charge in [0.2, 0.25) is 0 Å². The van der Waals surface area contributed by atoms with Gasteiger partial charge in [-0.25, -0.2) is 0 Å². The predicted molar refractivity (Wildman–Crippen MR) is 148 cm³/mol. The molecule has 0 radical (unpaired) electrons. The van der Waals surface area contributed by atoms with Crippen LogP contribution < -0.4 is 18.9 Å². The first-order valence-corrected chi connectivity index (χ1v) is 11.9. The monoisotopic (exact) mass is 478 g/mol. The van der Waals surface area contributed by atoms with Gasteiger partial charge in [-0.2, -0.15) is 0 Å². The second kappa shape index (κ2) is 9.46. The van der Waals surface area contributed by atoms with Crippen molar-refractivity contribution in [3.8, 4) is 45.3 Å². The van der Waals surface area contributed by atoms with Gasteiger partial charge in [-0.05, 0) is 70.8 Å². The van der Waals surface area contributed by atoms with Gasteiger partial charge in [-0.1, -0.05) is 48.5 Å². The summed E-state index contributed by atoms with van der Waals surface area (Å²) in [6.07, 6.45) is 0. The van der Waals surface area contributed by atoms with Gasteiger partial charge in [-0.15, -0.1) is 0 Å². The molecule has 0 N–H and O–H groups in total. The van der Waals surface area contributed by atoms with E-state index in [9.17, 15) is 0 Å². The van der Waals surface area contributed by atoms with Crippen molar-refractivity contribution >= 4 is 21.5 Å². The Hall–Kier alpha value is -4.18. The maximum atomic E-state index is 5.90. The quantitative estimate of drug-likeness (QED) is 0.232. The molecule has 182 valence electrons. The Morgan fingerprint density at radius 3 is 0.861 bits per heavy atom. The zero-order valence-electron chi connectivity index (χ0n) is 21.6. The van der Waals surface area contributed by atoms with Crippen LogP contribution in [0.1, 0.15) is 11.1 Å². The number of methoxy groups -OCH3 is 4. The van der Waals surface area contributed by atoms with Crippen molar-refractivity contribution in [1.82, 2.24) is 0 Å². The molecule has 36 heavy (non-hydrogen) atoms. The Labute approximate surface area is 212 Å². The summed E-state index contributed by atoms with van der Waals surface area (Å²) in [5.74, 6) is 3.11. The highest BCUT2D eigenvalue weighted by molar-refractivity contribution is 6.23. The summed E-state index contributed by atoms with van der Waals surface area (Å²) < 4.78 is 23.6. The lowest BCUT2D eigenvalue weighted by Crippen LogP contribution is -1.99. The lowest BCUT2D eigenvalue weighted by Gasteiger charge is -2.23. The van der Waals surface area contributed by atoms with E-state index in [1.54, 1.807) is 28.4 Å². The Morgan fingerprint density at radius 2 is 0.639 bits per heavy atom. The van der Waals surface area contributed by atoms with Gasteiger partial charge in [0.15, 0.2) is 0 Å². The second-order valence-corrected chi connectivity index (χ2v) is 8.93. The second-order valence-electron chi connectivity index (χ2n) is 8.93. The maximum absolute atomic E-state index is 5.90. The molecular weight excluding hydrogens is 448 g/mol. The van der Waals surface area contributed by atoms with E-state index in [0.717, 1.165) is 77.9 Å². The molecule has 0 aliphatic rings. The Morgan fingerprint density at radius 1 is 0.389 bits per heavy atom. The normalized spacial score (nSPS) is 11.1. The van der Waals surface area contributed by atoms with Gasteiger partial charge in [-0.3, -0.25) is 0 Å². The number of fused-ring (bicyclic) bond motifs is 2. The molecule has 4 heteroatoms. The average molecular weight is 479 g/mol. The van der Waals surface area contributed by atoms with Crippen LogP contribution in [0, 0.1) is 13.8 Å². The van der Waals surface area contributed by atoms with E-state index in [4.69, 9.17) is 18.9 Å². The predicted octanol–water partition coefficient (Wildman–Crippen LogP) is 7.98. The van der Waals surface area contributed by atoms with Crippen molar-refractivity contribution in [2.75, 3.05) is 28.4 Å². The van der Waals surface area contributed by atoms with Crippen LogP contribution in [0.2, 0.25) is 0 Å². The van der Waals surface area contributed by atoms with Gasteiger partial charge in [0, 0.05) is 11.1 Å². The summed E-state index contributed by atoms with van der Waals surface area (Å²) in [6.45, 7) is 4.09. The van der Waals surface area contributed by atoms with Gasteiger partial charge in [0.25, 0.3) is 0 Å². The number of hydrogen-bond donors (Lipinski definition) is 0. The van der Waals surface area contributed by atoms with Crippen LogP contribution in [0.25, 0.3) is 43.8 Å². The number of benzene rings is 5. The van der Waals surface area contributed by atoms with Crippen LogP contribution in [0.4, 0.5) is 0 Å². The van der Waals surface area contributed by atoms with E-state index in [2.05, 4.69) is 72.8 Å². The van der Waals surface area contributed by atoms with Crippen LogP contribution >= 0.6 is 0 Å². The maximum Gasteiger partial charge on any atom is 0.130 e. The topological polar surface area (TPSA) is 36.9 Å². The number of aryl methyl sites for hydroxylation is 2. The van der Waals surface area contributed by atoms with Gasteiger partial charge in [0.1, 0.15) is 23.0 Å². The van der Waals surface area contributed by atoms with Crippen LogP contribution in [0.5, 0.6) is 23.0 Å². The molecular formula is C32H30O4. The third kappa shape index (κ3) is 3.70. The molecule has 5 rings (SSSR count). The molecule has 0 aromatic heterocycles. The third-order valence-electron chi connectivity index (χ3n) is 6.73. The van der Waals surface area contributed by atoms with Gasteiger partial charge < -0.3 is 18.9 Å². The molecule has 0 aliphatic carbocycles. The highest BCUT2D eigenvalue weighted by atomic mass is 16.5. The smallest absolute Gasteiger partial charge is 0.130 e. The van der Waals surface area contributed by atoms with Crippen LogP contribution in [0.15, 0.2) is 72.8 Å². The van der Waals surface area contributed by atoms with Crippen LogP contribution in [-0.4, -0.2) is 28.4 Å². The Bertz CT molecular complexity index is 1370. The minimum Gasteiger partial charge on any atom is -0.496 e. The molecule has 0 saturated heterocycles. The summed E-state index contributed by atoms with van der Waals surface area (Å²) in [5.41, 5.74) is 6.17. The minimum atomic E-state index is 0.778. The molecule has 0 saturated carbocycles. The summed E-state index contributed by atoms with van der Waals surface area (Å²) in [7, 11) is 6.83. The molecule has 0 unspecified atom stereocenters. The molecule has 0 fully saturated rings. The van der Waals surface area contributed by atoms with E-state index in [0.29, 0.717) is 0 Å². The summed E-state index contributed by atoms with van der Waals surface area (Å²) in [6, 6.07) is 25.1. The van der Waals surface area contributed by atoms with Crippen molar-refractivity contribution in [1.29, 1.82) is 0 Å². The molecule has 5 aromatic carbocycles. The Balaban J connectivity index is 2.04. The fourth-order valence-electron chi connectivity index (χ4n) is 5.25. The molecule has 5 aromatic rings. The lowest BCUT2D eigenvalue weighted by molar-refractivity contribution is 0.396. The van der Waals surface area contributed by atoms with Crippen molar-refractivity contribution in [2.45, 2.75) is 13.8 Å². The van der Waals surface area contributed by atoms with Crippen LogP contribution in [-0.2, 0) is 0 Å². The van der Waals surface area contributed by atoms with Crippen LogP contribution in [0.3, 0.4) is 0 Å². The molecule has 0 bridgehead atoms. The van der Waals surface area contributed by atoms with Crippen molar-refractivity contribution in [3.63, 3.8) is 0 Å². The van der Waals surface area contributed by atoms with E-state index in [1.807, 2.05) is 13.8 Å². The molecule has 0 aliphatic heterocycles. The summed E-state index contributed by atoms with van der Waals surface area (Å²) in [5, 5.41) is 4.38. The first kappa shape index (κ1) is 23.6. The van der Waals surface area contributed by atoms with E-state index < -0.39 is 0 Å². The first-order valence-electron chi connectivity index (χ1n) is 11.9. The highest BCUT2D eigenvalue weighted by Crippen LogP contribution is 2.52. The summed E-state index contributed by atoms with van der Waals surface area (Å²) in [4.78, 5) is 0. The number of hydrogen-bond acceptors (Lipinski definition) is 4. The van der Waals surface area contributed by atoms with Gasteiger partial charge >= 0.3 is 0 Å². The molecule has 0 atom stereocenters. The first-order chi connectivity index (χ1) is 17.5. The van der Waals surface area contributed by atoms with Gasteiger partial charge in [0.05, 0.1) is 39.6 Å². The number of rotatable bonds is 6. The lowest BCUT2D eigenvalue weighted by atomic mass is 9.84. The van der Waals surface area contributed by atoms with Crippen molar-refractivity contribution < 1.29 is 18.9 Å². The van der Waals surface area contributed by atoms with Crippen molar-refractivity contribution in [3.05, 3.63) is 83.9 Å². The fraction of sp³-hybridized carbons (Fsp3) is 0.188. The zero-order chi connectivity index (χ0) is 25.4. The van der Waals surface area contributed by atoms with Crippen molar-refractivity contribution in [2.24, 2.45) is 0 Å².